The third-order valence-electron chi connectivity index (χ3n) is 3.80. The van der Waals surface area contributed by atoms with Crippen molar-refractivity contribution in [2.24, 2.45) is 0 Å². The maximum absolute atomic E-state index is 5.90. The SMILES string of the molecule is CCCNC(c1ccc(OC)c(Br)c1OC)C1CCCO1. The molecule has 1 heterocycles. The quantitative estimate of drug-likeness (QED) is 0.807. The number of hydrogen-bond acceptors (Lipinski definition) is 4. The van der Waals surface area contributed by atoms with Crippen LogP contribution in [0.2, 0.25) is 0 Å². The lowest BCUT2D eigenvalue weighted by molar-refractivity contribution is 0.0774. The lowest BCUT2D eigenvalue weighted by Crippen LogP contribution is -2.32. The van der Waals surface area contributed by atoms with Crippen LogP contribution in [0.3, 0.4) is 0 Å². The van der Waals surface area contributed by atoms with E-state index >= 15 is 0 Å². The van der Waals surface area contributed by atoms with E-state index in [1.165, 1.54) is 0 Å². The van der Waals surface area contributed by atoms with E-state index in [9.17, 15) is 0 Å². The van der Waals surface area contributed by atoms with Crippen LogP contribution >= 0.6 is 15.9 Å². The zero-order valence-corrected chi connectivity index (χ0v) is 14.5. The maximum atomic E-state index is 5.90. The summed E-state index contributed by atoms with van der Waals surface area (Å²) in [4.78, 5) is 0. The zero-order chi connectivity index (χ0) is 15.2. The van der Waals surface area contributed by atoms with Crippen LogP contribution in [0.25, 0.3) is 0 Å². The molecule has 1 fully saturated rings. The van der Waals surface area contributed by atoms with Crippen molar-refractivity contribution < 1.29 is 14.2 Å². The standard InChI is InChI=1S/C16H24BrNO3/c1-4-9-18-15(13-6-5-10-21-13)11-7-8-12(19-2)14(17)16(11)20-3/h7-8,13,15,18H,4-6,9-10H2,1-3H3. The van der Waals surface area contributed by atoms with Crippen LogP contribution < -0.4 is 14.8 Å². The van der Waals surface area contributed by atoms with Gasteiger partial charge < -0.3 is 19.5 Å². The smallest absolute Gasteiger partial charge is 0.141 e. The molecule has 2 unspecified atom stereocenters. The number of nitrogens with one attached hydrogen (secondary N) is 1. The van der Waals surface area contributed by atoms with Crippen molar-refractivity contribution in [1.82, 2.24) is 5.32 Å². The highest BCUT2D eigenvalue weighted by Crippen LogP contribution is 2.41. The molecule has 1 aromatic carbocycles. The van der Waals surface area contributed by atoms with Crippen molar-refractivity contribution in [1.29, 1.82) is 0 Å². The van der Waals surface area contributed by atoms with Gasteiger partial charge in [-0.2, -0.15) is 0 Å². The maximum Gasteiger partial charge on any atom is 0.141 e. The first kappa shape index (κ1) is 16.6. The Balaban J connectivity index is 2.35. The molecular formula is C16H24BrNO3. The average Bonchev–Trinajstić information content (AvgIpc) is 3.02. The predicted octanol–water partition coefficient (Wildman–Crippen LogP) is 3.69. The van der Waals surface area contributed by atoms with Crippen LogP contribution in [0, 0.1) is 0 Å². The number of methoxy groups -OCH3 is 2. The monoisotopic (exact) mass is 357 g/mol. The molecule has 2 rings (SSSR count). The minimum Gasteiger partial charge on any atom is -0.495 e. The summed E-state index contributed by atoms with van der Waals surface area (Å²) in [5.74, 6) is 1.59. The molecule has 118 valence electrons. The van der Waals surface area contributed by atoms with Crippen LogP contribution in [0.5, 0.6) is 11.5 Å². The Hall–Kier alpha value is -0.780. The number of hydrogen-bond donors (Lipinski definition) is 1. The highest BCUT2D eigenvalue weighted by Gasteiger charge is 2.30. The van der Waals surface area contributed by atoms with Gasteiger partial charge in [-0.05, 0) is 53.9 Å². The first-order valence-corrected chi connectivity index (χ1v) is 8.27. The van der Waals surface area contributed by atoms with E-state index in [4.69, 9.17) is 14.2 Å². The molecule has 0 radical (unpaired) electrons. The van der Waals surface area contributed by atoms with Gasteiger partial charge in [0.15, 0.2) is 0 Å². The van der Waals surface area contributed by atoms with E-state index in [1.807, 2.05) is 6.07 Å². The van der Waals surface area contributed by atoms with Gasteiger partial charge in [-0.25, -0.2) is 0 Å². The summed E-state index contributed by atoms with van der Waals surface area (Å²) in [7, 11) is 3.35. The van der Waals surface area contributed by atoms with Crippen molar-refractivity contribution in [3.8, 4) is 11.5 Å². The Morgan fingerprint density at radius 3 is 2.76 bits per heavy atom. The molecule has 0 amide bonds. The van der Waals surface area contributed by atoms with Crippen molar-refractivity contribution in [3.63, 3.8) is 0 Å². The predicted molar refractivity (Wildman–Crippen MR) is 87.3 cm³/mol. The highest BCUT2D eigenvalue weighted by atomic mass is 79.9. The minimum absolute atomic E-state index is 0.143. The van der Waals surface area contributed by atoms with Gasteiger partial charge in [0.1, 0.15) is 16.0 Å². The molecule has 1 aliphatic rings. The fourth-order valence-electron chi connectivity index (χ4n) is 2.77. The second kappa shape index (κ2) is 8.01. The fourth-order valence-corrected chi connectivity index (χ4v) is 3.45. The molecule has 0 bridgehead atoms. The molecule has 0 spiro atoms. The van der Waals surface area contributed by atoms with E-state index in [0.717, 1.165) is 53.9 Å². The van der Waals surface area contributed by atoms with Gasteiger partial charge in [0.25, 0.3) is 0 Å². The molecule has 0 saturated carbocycles. The number of halogens is 1. The van der Waals surface area contributed by atoms with Gasteiger partial charge in [0.2, 0.25) is 0 Å². The summed E-state index contributed by atoms with van der Waals surface area (Å²) in [5, 5.41) is 3.60. The van der Waals surface area contributed by atoms with Crippen LogP contribution in [0.15, 0.2) is 16.6 Å². The van der Waals surface area contributed by atoms with Crippen molar-refractivity contribution in [2.75, 3.05) is 27.4 Å². The minimum atomic E-state index is 0.143. The molecular weight excluding hydrogens is 334 g/mol. The highest BCUT2D eigenvalue weighted by molar-refractivity contribution is 9.10. The third-order valence-corrected chi connectivity index (χ3v) is 4.55. The second-order valence-electron chi connectivity index (χ2n) is 5.19. The van der Waals surface area contributed by atoms with Crippen molar-refractivity contribution in [3.05, 3.63) is 22.2 Å². The van der Waals surface area contributed by atoms with Crippen LogP contribution in [0.4, 0.5) is 0 Å². The molecule has 2 atom stereocenters. The number of rotatable bonds is 7. The first-order chi connectivity index (χ1) is 10.2. The summed E-state index contributed by atoms with van der Waals surface area (Å²) < 4.78 is 17.7. The summed E-state index contributed by atoms with van der Waals surface area (Å²) in [6.45, 7) is 3.96. The Bertz CT molecular complexity index is 461. The lowest BCUT2D eigenvalue weighted by atomic mass is 9.98. The molecule has 1 aliphatic heterocycles. The Morgan fingerprint density at radius 2 is 2.19 bits per heavy atom. The Morgan fingerprint density at radius 1 is 1.38 bits per heavy atom. The molecule has 5 heteroatoms. The summed E-state index contributed by atoms with van der Waals surface area (Å²) >= 11 is 3.58. The van der Waals surface area contributed by atoms with E-state index in [1.54, 1.807) is 14.2 Å². The van der Waals surface area contributed by atoms with Gasteiger partial charge in [0, 0.05) is 12.2 Å². The molecule has 1 aromatic rings. The summed E-state index contributed by atoms with van der Waals surface area (Å²) in [6, 6.07) is 4.18. The van der Waals surface area contributed by atoms with Gasteiger partial charge >= 0.3 is 0 Å². The van der Waals surface area contributed by atoms with Crippen LogP contribution in [-0.2, 0) is 4.74 Å². The first-order valence-electron chi connectivity index (χ1n) is 7.48. The molecule has 0 aromatic heterocycles. The molecule has 21 heavy (non-hydrogen) atoms. The van der Waals surface area contributed by atoms with Gasteiger partial charge in [-0.1, -0.05) is 6.92 Å². The summed E-state index contributed by atoms with van der Waals surface area (Å²) in [5.41, 5.74) is 1.12. The van der Waals surface area contributed by atoms with Crippen molar-refractivity contribution in [2.45, 2.75) is 38.3 Å². The number of ether oxygens (including phenoxy) is 3. The van der Waals surface area contributed by atoms with E-state index in [2.05, 4.69) is 34.2 Å². The third kappa shape index (κ3) is 3.71. The summed E-state index contributed by atoms with van der Waals surface area (Å²) in [6.07, 6.45) is 3.48. The average molecular weight is 358 g/mol. The Kier molecular flexibility index (Phi) is 6.33. The molecule has 0 aliphatic carbocycles. The topological polar surface area (TPSA) is 39.7 Å². The van der Waals surface area contributed by atoms with Crippen molar-refractivity contribution >= 4 is 15.9 Å². The molecule has 4 nitrogen and oxygen atoms in total. The van der Waals surface area contributed by atoms with Gasteiger partial charge in [-0.3, -0.25) is 0 Å². The van der Waals surface area contributed by atoms with Crippen LogP contribution in [0.1, 0.15) is 37.8 Å². The van der Waals surface area contributed by atoms with E-state index < -0.39 is 0 Å². The Labute approximate surface area is 135 Å². The zero-order valence-electron chi connectivity index (χ0n) is 12.9. The second-order valence-corrected chi connectivity index (χ2v) is 5.98. The number of benzene rings is 1. The molecule has 1 saturated heterocycles. The van der Waals surface area contributed by atoms with Gasteiger partial charge in [-0.15, -0.1) is 0 Å². The molecule has 1 N–H and O–H groups in total. The normalized spacial score (nSPS) is 19.5. The van der Waals surface area contributed by atoms with E-state index in [-0.39, 0.29) is 12.1 Å². The van der Waals surface area contributed by atoms with Gasteiger partial charge in [0.05, 0.1) is 26.4 Å². The largest absolute Gasteiger partial charge is 0.495 e. The fraction of sp³-hybridized carbons (Fsp3) is 0.625. The van der Waals surface area contributed by atoms with Crippen LogP contribution in [-0.4, -0.2) is 33.5 Å². The lowest BCUT2D eigenvalue weighted by Gasteiger charge is -2.27. The van der Waals surface area contributed by atoms with E-state index in [0.29, 0.717) is 0 Å².